The molecule has 1 amide bonds. The van der Waals surface area contributed by atoms with Crippen molar-refractivity contribution in [3.8, 4) is 0 Å². The van der Waals surface area contributed by atoms with E-state index < -0.39 is 0 Å². The number of H-pyrrole nitrogens is 1. The highest BCUT2D eigenvalue weighted by molar-refractivity contribution is 5.90. The second kappa shape index (κ2) is 4.84. The van der Waals surface area contributed by atoms with Crippen molar-refractivity contribution in [3.05, 3.63) is 47.5 Å². The second-order valence-electron chi connectivity index (χ2n) is 4.89. The van der Waals surface area contributed by atoms with Crippen molar-refractivity contribution in [1.29, 1.82) is 0 Å². The van der Waals surface area contributed by atoms with Gasteiger partial charge in [0.1, 0.15) is 5.82 Å². The largest absolute Gasteiger partial charge is 0.335 e. The Morgan fingerprint density at radius 3 is 2.84 bits per heavy atom. The number of benzene rings is 1. The zero-order valence-electron chi connectivity index (χ0n) is 10.8. The van der Waals surface area contributed by atoms with Gasteiger partial charge in [-0.25, -0.2) is 4.98 Å². The maximum Gasteiger partial charge on any atom is 0.293 e. The molecule has 3 rings (SSSR count). The highest BCUT2D eigenvalue weighted by atomic mass is 16.2. The highest BCUT2D eigenvalue weighted by Gasteiger charge is 2.29. The Kier molecular flexibility index (Phi) is 3.03. The van der Waals surface area contributed by atoms with Crippen LogP contribution >= 0.6 is 0 Å². The maximum absolute atomic E-state index is 12.2. The van der Waals surface area contributed by atoms with Crippen LogP contribution < -0.4 is 0 Å². The van der Waals surface area contributed by atoms with Gasteiger partial charge in [-0.2, -0.15) is 0 Å². The molecule has 0 aliphatic carbocycles. The molecule has 2 aromatic rings. The monoisotopic (exact) mass is 256 g/mol. The first-order valence-corrected chi connectivity index (χ1v) is 6.47. The van der Waals surface area contributed by atoms with E-state index in [0.29, 0.717) is 11.7 Å². The van der Waals surface area contributed by atoms with Crippen molar-refractivity contribution < 1.29 is 4.79 Å². The van der Waals surface area contributed by atoms with Crippen LogP contribution in [-0.4, -0.2) is 39.1 Å². The summed E-state index contributed by atoms with van der Waals surface area (Å²) in [5.74, 6) is 1.28. The summed E-state index contributed by atoms with van der Waals surface area (Å²) in [6, 6.07) is 10.3. The van der Waals surface area contributed by atoms with Gasteiger partial charge < -0.3 is 4.90 Å². The van der Waals surface area contributed by atoms with Crippen LogP contribution in [0.1, 0.15) is 34.3 Å². The molecule has 1 N–H and O–H groups in total. The quantitative estimate of drug-likeness (QED) is 0.890. The van der Waals surface area contributed by atoms with Crippen molar-refractivity contribution >= 4 is 5.91 Å². The first-order valence-electron chi connectivity index (χ1n) is 6.47. The van der Waals surface area contributed by atoms with Crippen LogP contribution in [0, 0.1) is 6.92 Å². The van der Waals surface area contributed by atoms with Crippen LogP contribution in [0.4, 0.5) is 0 Å². The van der Waals surface area contributed by atoms with Crippen molar-refractivity contribution in [2.75, 3.05) is 13.1 Å². The molecule has 1 aliphatic rings. The molecule has 98 valence electrons. The normalized spacial score (nSPS) is 18.8. The van der Waals surface area contributed by atoms with Crippen LogP contribution in [0.25, 0.3) is 0 Å². The lowest BCUT2D eigenvalue weighted by atomic mass is 9.99. The summed E-state index contributed by atoms with van der Waals surface area (Å²) >= 11 is 0. The van der Waals surface area contributed by atoms with E-state index in [9.17, 15) is 4.79 Å². The second-order valence-corrected chi connectivity index (χ2v) is 4.89. The molecular weight excluding hydrogens is 240 g/mol. The molecule has 1 aromatic heterocycles. The molecule has 0 radical (unpaired) electrons. The SMILES string of the molecule is Cc1nc(C(=O)N2CCC(c3ccccc3)C2)n[nH]1. The van der Waals surface area contributed by atoms with Crippen LogP contribution in [0.2, 0.25) is 0 Å². The van der Waals surface area contributed by atoms with Crippen molar-refractivity contribution in [2.45, 2.75) is 19.3 Å². The fraction of sp³-hybridized carbons (Fsp3) is 0.357. The van der Waals surface area contributed by atoms with Gasteiger partial charge in [-0.3, -0.25) is 9.89 Å². The molecular formula is C14H16N4O. The highest BCUT2D eigenvalue weighted by Crippen LogP contribution is 2.27. The molecule has 1 saturated heterocycles. The molecule has 1 fully saturated rings. The summed E-state index contributed by atoms with van der Waals surface area (Å²) in [5.41, 5.74) is 1.30. The third-order valence-corrected chi connectivity index (χ3v) is 3.53. The minimum absolute atomic E-state index is 0.0808. The number of hydrogen-bond donors (Lipinski definition) is 1. The van der Waals surface area contributed by atoms with Gasteiger partial charge in [-0.15, -0.1) is 5.10 Å². The van der Waals surface area contributed by atoms with E-state index in [1.165, 1.54) is 5.56 Å². The topological polar surface area (TPSA) is 61.9 Å². The number of carbonyl (C=O) groups excluding carboxylic acids is 1. The number of hydrogen-bond acceptors (Lipinski definition) is 3. The number of amides is 1. The zero-order chi connectivity index (χ0) is 13.2. The number of aromatic nitrogens is 3. The first kappa shape index (κ1) is 11.9. The fourth-order valence-electron chi connectivity index (χ4n) is 2.52. The standard InChI is InChI=1S/C14H16N4O/c1-10-15-13(17-16-10)14(19)18-8-7-12(9-18)11-5-3-2-4-6-11/h2-6,12H,7-9H2,1H3,(H,15,16,17). The van der Waals surface area contributed by atoms with Gasteiger partial charge in [-0.1, -0.05) is 30.3 Å². The predicted octanol–water partition coefficient (Wildman–Crippen LogP) is 1.74. The van der Waals surface area contributed by atoms with E-state index >= 15 is 0 Å². The van der Waals surface area contributed by atoms with E-state index in [-0.39, 0.29) is 11.7 Å². The number of nitrogens with one attached hydrogen (secondary N) is 1. The molecule has 0 bridgehead atoms. The minimum Gasteiger partial charge on any atom is -0.335 e. The van der Waals surface area contributed by atoms with E-state index in [1.54, 1.807) is 6.92 Å². The van der Waals surface area contributed by atoms with Gasteiger partial charge in [0.05, 0.1) is 0 Å². The lowest BCUT2D eigenvalue weighted by Crippen LogP contribution is -2.29. The summed E-state index contributed by atoms with van der Waals surface area (Å²) in [5, 5.41) is 6.64. The molecule has 1 aliphatic heterocycles. The van der Waals surface area contributed by atoms with Crippen molar-refractivity contribution in [3.63, 3.8) is 0 Å². The summed E-state index contributed by atoms with van der Waals surface area (Å²) < 4.78 is 0. The Balaban J connectivity index is 1.71. The lowest BCUT2D eigenvalue weighted by Gasteiger charge is -2.14. The summed E-state index contributed by atoms with van der Waals surface area (Å²) in [6.45, 7) is 3.31. The minimum atomic E-state index is -0.0808. The number of likely N-dealkylation sites (tertiary alicyclic amines) is 1. The van der Waals surface area contributed by atoms with Crippen molar-refractivity contribution in [1.82, 2.24) is 20.1 Å². The van der Waals surface area contributed by atoms with E-state index in [4.69, 9.17) is 0 Å². The Labute approximate surface area is 111 Å². The van der Waals surface area contributed by atoms with Crippen LogP contribution in [0.5, 0.6) is 0 Å². The summed E-state index contributed by atoms with van der Waals surface area (Å²) in [7, 11) is 0. The Morgan fingerprint density at radius 1 is 1.37 bits per heavy atom. The predicted molar refractivity (Wildman–Crippen MR) is 70.8 cm³/mol. The molecule has 0 saturated carbocycles. The van der Waals surface area contributed by atoms with Gasteiger partial charge in [0, 0.05) is 19.0 Å². The number of rotatable bonds is 2. The van der Waals surface area contributed by atoms with Gasteiger partial charge in [0.2, 0.25) is 5.82 Å². The summed E-state index contributed by atoms with van der Waals surface area (Å²) in [6.07, 6.45) is 0.999. The molecule has 1 aromatic carbocycles. The molecule has 5 heteroatoms. The molecule has 2 heterocycles. The molecule has 1 unspecified atom stereocenters. The molecule has 19 heavy (non-hydrogen) atoms. The average Bonchev–Trinajstić information content (AvgIpc) is 3.08. The number of aryl methyl sites for hydroxylation is 1. The first-order chi connectivity index (χ1) is 9.24. The smallest absolute Gasteiger partial charge is 0.293 e. The van der Waals surface area contributed by atoms with Crippen LogP contribution in [0.15, 0.2) is 30.3 Å². The Hall–Kier alpha value is -2.17. The van der Waals surface area contributed by atoms with Gasteiger partial charge in [-0.05, 0) is 18.9 Å². The molecule has 0 spiro atoms. The van der Waals surface area contributed by atoms with Crippen molar-refractivity contribution in [2.24, 2.45) is 0 Å². The summed E-state index contributed by atoms with van der Waals surface area (Å²) in [4.78, 5) is 18.1. The van der Waals surface area contributed by atoms with Gasteiger partial charge in [0.25, 0.3) is 5.91 Å². The average molecular weight is 256 g/mol. The van der Waals surface area contributed by atoms with E-state index in [0.717, 1.165) is 19.5 Å². The number of aromatic amines is 1. The van der Waals surface area contributed by atoms with Crippen LogP contribution in [-0.2, 0) is 0 Å². The third-order valence-electron chi connectivity index (χ3n) is 3.53. The molecule has 1 atom stereocenters. The van der Waals surface area contributed by atoms with Gasteiger partial charge >= 0.3 is 0 Å². The Bertz CT molecular complexity index is 578. The Morgan fingerprint density at radius 2 is 2.16 bits per heavy atom. The third kappa shape index (κ3) is 2.36. The van der Waals surface area contributed by atoms with Crippen LogP contribution in [0.3, 0.4) is 0 Å². The van der Waals surface area contributed by atoms with Gasteiger partial charge in [0.15, 0.2) is 0 Å². The lowest BCUT2D eigenvalue weighted by molar-refractivity contribution is 0.0779. The number of nitrogens with zero attached hydrogens (tertiary/aromatic N) is 3. The zero-order valence-corrected chi connectivity index (χ0v) is 10.8. The fourth-order valence-corrected chi connectivity index (χ4v) is 2.52. The van der Waals surface area contributed by atoms with E-state index in [1.807, 2.05) is 23.1 Å². The number of carbonyl (C=O) groups is 1. The maximum atomic E-state index is 12.2. The molecule has 5 nitrogen and oxygen atoms in total. The van der Waals surface area contributed by atoms with E-state index in [2.05, 4.69) is 27.3 Å².